The minimum atomic E-state index is -0.453. The molecule has 1 amide bonds. The maximum Gasteiger partial charge on any atom is 0.325 e. The number of fused-ring (bicyclic) bond motifs is 1. The fraction of sp³-hybridized carbons (Fsp3) is 0.421. The molecule has 1 saturated carbocycles. The van der Waals surface area contributed by atoms with E-state index in [4.69, 9.17) is 14.5 Å². The first-order valence-corrected chi connectivity index (χ1v) is 8.38. The average Bonchev–Trinajstić information content (AvgIpc) is 3.48. The topological polar surface area (TPSA) is 68.7 Å². The molecule has 0 N–H and O–H groups in total. The van der Waals surface area contributed by atoms with Crippen molar-refractivity contribution in [2.45, 2.75) is 18.8 Å². The van der Waals surface area contributed by atoms with Gasteiger partial charge in [0.15, 0.2) is 0 Å². The van der Waals surface area contributed by atoms with Crippen LogP contribution in [0.1, 0.15) is 34.8 Å². The van der Waals surface area contributed by atoms with Gasteiger partial charge in [-0.25, -0.2) is 0 Å². The first-order valence-electron chi connectivity index (χ1n) is 8.38. The molecule has 132 valence electrons. The van der Waals surface area contributed by atoms with Crippen molar-refractivity contribution in [2.24, 2.45) is 0 Å². The zero-order chi connectivity index (χ0) is 17.8. The van der Waals surface area contributed by atoms with Crippen molar-refractivity contribution in [3.63, 3.8) is 0 Å². The van der Waals surface area contributed by atoms with Crippen molar-refractivity contribution < 1.29 is 19.1 Å². The summed E-state index contributed by atoms with van der Waals surface area (Å²) in [6.45, 7) is 0.565. The molecule has 0 spiro atoms. The molecule has 0 aliphatic heterocycles. The summed E-state index contributed by atoms with van der Waals surface area (Å²) in [5, 5.41) is 0.796. The molecule has 0 radical (unpaired) electrons. The largest absolute Gasteiger partial charge is 0.468 e. The van der Waals surface area contributed by atoms with E-state index >= 15 is 0 Å². The van der Waals surface area contributed by atoms with Gasteiger partial charge < -0.3 is 14.4 Å². The Hall–Kier alpha value is -2.47. The first-order chi connectivity index (χ1) is 12.1. The second-order valence-electron chi connectivity index (χ2n) is 6.18. The van der Waals surface area contributed by atoms with Crippen LogP contribution in [0.2, 0.25) is 0 Å². The fourth-order valence-electron chi connectivity index (χ4n) is 2.81. The summed E-state index contributed by atoms with van der Waals surface area (Å²) in [6.07, 6.45) is 2.21. The number of benzene rings is 1. The Morgan fingerprint density at radius 3 is 2.68 bits per heavy atom. The van der Waals surface area contributed by atoms with Crippen LogP contribution in [0.25, 0.3) is 10.9 Å². The van der Waals surface area contributed by atoms with Crippen LogP contribution in [0.4, 0.5) is 0 Å². The van der Waals surface area contributed by atoms with E-state index in [0.29, 0.717) is 24.6 Å². The number of carbonyl (C=O) groups excluding carboxylic acids is 2. The minimum absolute atomic E-state index is 0.103. The van der Waals surface area contributed by atoms with Crippen LogP contribution in [0.5, 0.6) is 0 Å². The Balaban J connectivity index is 1.99. The van der Waals surface area contributed by atoms with Gasteiger partial charge in [-0.2, -0.15) is 0 Å². The Morgan fingerprint density at radius 1 is 1.24 bits per heavy atom. The number of hydrogen-bond donors (Lipinski definition) is 0. The Kier molecular flexibility index (Phi) is 5.28. The third-order valence-electron chi connectivity index (χ3n) is 4.36. The summed E-state index contributed by atoms with van der Waals surface area (Å²) < 4.78 is 9.79. The molecule has 0 saturated heterocycles. The lowest BCUT2D eigenvalue weighted by atomic mass is 10.0. The smallest absolute Gasteiger partial charge is 0.325 e. The van der Waals surface area contributed by atoms with Gasteiger partial charge in [-0.05, 0) is 25.0 Å². The number of nitrogens with zero attached hydrogens (tertiary/aromatic N) is 2. The number of hydrogen-bond acceptors (Lipinski definition) is 5. The monoisotopic (exact) mass is 342 g/mol. The van der Waals surface area contributed by atoms with E-state index < -0.39 is 5.97 Å². The van der Waals surface area contributed by atoms with Crippen molar-refractivity contribution in [2.75, 3.05) is 33.9 Å². The molecule has 0 atom stereocenters. The summed E-state index contributed by atoms with van der Waals surface area (Å²) >= 11 is 0. The number of para-hydroxylation sites is 1. The zero-order valence-corrected chi connectivity index (χ0v) is 14.5. The van der Waals surface area contributed by atoms with Crippen LogP contribution in [0.3, 0.4) is 0 Å². The molecule has 25 heavy (non-hydrogen) atoms. The molecule has 0 bridgehead atoms. The first kappa shape index (κ1) is 17.4. The number of aromatic nitrogens is 1. The van der Waals surface area contributed by atoms with E-state index in [9.17, 15) is 9.59 Å². The average molecular weight is 342 g/mol. The number of esters is 1. The molecular formula is C19H22N2O4. The minimum Gasteiger partial charge on any atom is -0.468 e. The highest BCUT2D eigenvalue weighted by atomic mass is 16.5. The van der Waals surface area contributed by atoms with Crippen molar-refractivity contribution in [1.29, 1.82) is 0 Å². The maximum absolute atomic E-state index is 13.1. The molecule has 1 fully saturated rings. The van der Waals surface area contributed by atoms with Gasteiger partial charge in [-0.3, -0.25) is 14.6 Å². The zero-order valence-electron chi connectivity index (χ0n) is 14.5. The molecule has 6 nitrogen and oxygen atoms in total. The summed E-state index contributed by atoms with van der Waals surface area (Å²) in [5.74, 6) is -0.225. The summed E-state index contributed by atoms with van der Waals surface area (Å²) in [5.41, 5.74) is 2.33. The molecule has 1 heterocycles. The van der Waals surface area contributed by atoms with Gasteiger partial charge in [-0.15, -0.1) is 0 Å². The highest BCUT2D eigenvalue weighted by molar-refractivity contribution is 6.07. The number of pyridine rings is 1. The highest BCUT2D eigenvalue weighted by Crippen LogP contribution is 2.40. The molecule has 1 aromatic carbocycles. The maximum atomic E-state index is 13.1. The van der Waals surface area contributed by atoms with Crippen molar-refractivity contribution in [1.82, 2.24) is 9.88 Å². The highest BCUT2D eigenvalue weighted by Gasteiger charge is 2.28. The quantitative estimate of drug-likeness (QED) is 0.723. The molecule has 1 aliphatic carbocycles. The Bertz CT molecular complexity index is 786. The molecule has 6 heteroatoms. The second-order valence-corrected chi connectivity index (χ2v) is 6.18. The van der Waals surface area contributed by atoms with Crippen LogP contribution in [-0.2, 0) is 14.3 Å². The van der Waals surface area contributed by atoms with Crippen molar-refractivity contribution in [3.05, 3.63) is 41.6 Å². The van der Waals surface area contributed by atoms with Crippen molar-refractivity contribution in [3.8, 4) is 0 Å². The SMILES string of the molecule is COCCN(CC(=O)OC)C(=O)c1cc(C2CC2)nc2ccccc12. The number of amides is 1. The Morgan fingerprint density at radius 2 is 2.00 bits per heavy atom. The van der Waals surface area contributed by atoms with Gasteiger partial charge in [-0.1, -0.05) is 18.2 Å². The predicted octanol–water partition coefficient (Wildman–Crippen LogP) is 2.37. The van der Waals surface area contributed by atoms with Crippen LogP contribution in [-0.4, -0.2) is 55.7 Å². The van der Waals surface area contributed by atoms with Gasteiger partial charge in [0.1, 0.15) is 6.54 Å². The second kappa shape index (κ2) is 7.61. The van der Waals surface area contributed by atoms with Crippen LogP contribution in [0, 0.1) is 0 Å². The van der Waals surface area contributed by atoms with Gasteiger partial charge in [0, 0.05) is 30.7 Å². The molecule has 1 aliphatic rings. The lowest BCUT2D eigenvalue weighted by Gasteiger charge is -2.22. The van der Waals surface area contributed by atoms with Gasteiger partial charge in [0.25, 0.3) is 5.91 Å². The fourth-order valence-corrected chi connectivity index (χ4v) is 2.81. The van der Waals surface area contributed by atoms with E-state index in [1.807, 2.05) is 30.3 Å². The summed E-state index contributed by atoms with van der Waals surface area (Å²) in [7, 11) is 2.88. The van der Waals surface area contributed by atoms with Gasteiger partial charge in [0.2, 0.25) is 0 Å². The van der Waals surface area contributed by atoms with E-state index in [1.165, 1.54) is 12.0 Å². The normalized spacial score (nSPS) is 13.7. The van der Waals surface area contributed by atoms with E-state index in [2.05, 4.69) is 0 Å². The van der Waals surface area contributed by atoms with Crippen LogP contribution < -0.4 is 0 Å². The third-order valence-corrected chi connectivity index (χ3v) is 4.36. The van der Waals surface area contributed by atoms with Gasteiger partial charge >= 0.3 is 5.97 Å². The molecule has 3 rings (SSSR count). The third kappa shape index (κ3) is 3.96. The lowest BCUT2D eigenvalue weighted by molar-refractivity contribution is -0.141. The van der Waals surface area contributed by atoms with E-state index in [-0.39, 0.29) is 12.5 Å². The van der Waals surface area contributed by atoms with Gasteiger partial charge in [0.05, 0.1) is 24.8 Å². The van der Waals surface area contributed by atoms with Crippen molar-refractivity contribution >= 4 is 22.8 Å². The number of ether oxygens (including phenoxy) is 2. The summed E-state index contributed by atoms with van der Waals surface area (Å²) in [4.78, 5) is 31.0. The molecule has 2 aromatic rings. The summed E-state index contributed by atoms with van der Waals surface area (Å²) in [6, 6.07) is 9.48. The molecule has 0 unspecified atom stereocenters. The predicted molar refractivity (Wildman–Crippen MR) is 93.5 cm³/mol. The lowest BCUT2D eigenvalue weighted by Crippen LogP contribution is -2.38. The standard InChI is InChI=1S/C19H22N2O4/c1-24-10-9-21(12-18(22)25-2)19(23)15-11-17(13-7-8-13)20-16-6-4-3-5-14(15)16/h3-6,11,13H,7-10,12H2,1-2H3. The number of methoxy groups -OCH3 is 2. The Labute approximate surface area is 146 Å². The van der Waals surface area contributed by atoms with E-state index in [0.717, 1.165) is 29.4 Å². The number of carbonyl (C=O) groups is 2. The molecular weight excluding hydrogens is 320 g/mol. The van der Waals surface area contributed by atoms with E-state index in [1.54, 1.807) is 7.11 Å². The number of rotatable bonds is 7. The molecule has 1 aromatic heterocycles. The van der Waals surface area contributed by atoms with Crippen LogP contribution in [0.15, 0.2) is 30.3 Å². The van der Waals surface area contributed by atoms with Crippen LogP contribution >= 0.6 is 0 Å².